The van der Waals surface area contributed by atoms with Gasteiger partial charge in [0.15, 0.2) is 11.2 Å². The van der Waals surface area contributed by atoms with Crippen molar-refractivity contribution in [2.24, 2.45) is 0 Å². The topological polar surface area (TPSA) is 51.2 Å². The molecule has 0 radical (unpaired) electrons. The molecular formula is C17H16N2O2S2. The maximum absolute atomic E-state index is 12.2. The SMILES string of the molecule is Cc1cccc(OC(C)C(=O)Nc2nc(-c3cccs3)cs2)c1. The predicted octanol–water partition coefficient (Wildman–Crippen LogP) is 4.59. The second kappa shape index (κ2) is 6.93. The Morgan fingerprint density at radius 3 is 2.87 bits per heavy atom. The van der Waals surface area contributed by atoms with Gasteiger partial charge in [-0.2, -0.15) is 0 Å². The number of thiophene rings is 1. The van der Waals surface area contributed by atoms with Gasteiger partial charge in [0.2, 0.25) is 0 Å². The number of anilines is 1. The van der Waals surface area contributed by atoms with Crippen LogP contribution in [0.2, 0.25) is 0 Å². The highest BCUT2D eigenvalue weighted by Gasteiger charge is 2.17. The molecular weight excluding hydrogens is 328 g/mol. The fourth-order valence-electron chi connectivity index (χ4n) is 2.02. The van der Waals surface area contributed by atoms with E-state index in [1.54, 1.807) is 18.3 Å². The van der Waals surface area contributed by atoms with Crippen LogP contribution >= 0.6 is 22.7 Å². The number of benzene rings is 1. The molecule has 0 fully saturated rings. The summed E-state index contributed by atoms with van der Waals surface area (Å²) in [6.07, 6.45) is -0.592. The van der Waals surface area contributed by atoms with Crippen LogP contribution < -0.4 is 10.1 Å². The second-order valence-corrected chi connectivity index (χ2v) is 6.89. The van der Waals surface area contributed by atoms with E-state index in [4.69, 9.17) is 4.74 Å². The molecule has 6 heteroatoms. The number of nitrogens with one attached hydrogen (secondary N) is 1. The van der Waals surface area contributed by atoms with Gasteiger partial charge in [-0.15, -0.1) is 22.7 Å². The molecule has 23 heavy (non-hydrogen) atoms. The van der Waals surface area contributed by atoms with E-state index < -0.39 is 6.10 Å². The molecule has 0 bridgehead atoms. The minimum Gasteiger partial charge on any atom is -0.481 e. The van der Waals surface area contributed by atoms with Crippen molar-refractivity contribution < 1.29 is 9.53 Å². The molecule has 0 spiro atoms. The van der Waals surface area contributed by atoms with Crippen LogP contribution in [0.15, 0.2) is 47.2 Å². The first-order chi connectivity index (χ1) is 11.1. The van der Waals surface area contributed by atoms with Crippen LogP contribution in [0.4, 0.5) is 5.13 Å². The highest BCUT2D eigenvalue weighted by molar-refractivity contribution is 7.16. The fourth-order valence-corrected chi connectivity index (χ4v) is 3.50. The molecule has 0 aliphatic heterocycles. The lowest BCUT2D eigenvalue weighted by Crippen LogP contribution is -2.30. The number of carbonyl (C=O) groups excluding carboxylic acids is 1. The summed E-state index contributed by atoms with van der Waals surface area (Å²) in [7, 11) is 0. The zero-order chi connectivity index (χ0) is 16.2. The number of rotatable bonds is 5. The van der Waals surface area contributed by atoms with Crippen molar-refractivity contribution in [2.45, 2.75) is 20.0 Å². The molecule has 118 valence electrons. The summed E-state index contributed by atoms with van der Waals surface area (Å²) < 4.78 is 5.68. The van der Waals surface area contributed by atoms with E-state index in [2.05, 4.69) is 10.3 Å². The Balaban J connectivity index is 1.62. The van der Waals surface area contributed by atoms with Crippen molar-refractivity contribution in [2.75, 3.05) is 5.32 Å². The Labute approximate surface area is 142 Å². The number of aryl methyl sites for hydroxylation is 1. The predicted molar refractivity (Wildman–Crippen MR) is 95.3 cm³/mol. The summed E-state index contributed by atoms with van der Waals surface area (Å²) in [5.41, 5.74) is 1.98. The zero-order valence-electron chi connectivity index (χ0n) is 12.8. The minimum atomic E-state index is -0.592. The van der Waals surface area contributed by atoms with Gasteiger partial charge < -0.3 is 4.74 Å². The summed E-state index contributed by atoms with van der Waals surface area (Å²) in [6, 6.07) is 11.6. The quantitative estimate of drug-likeness (QED) is 0.737. The first-order valence-electron chi connectivity index (χ1n) is 7.15. The number of amides is 1. The Bertz CT molecular complexity index is 797. The molecule has 1 unspecified atom stereocenters. The van der Waals surface area contributed by atoms with Crippen molar-refractivity contribution in [3.05, 3.63) is 52.7 Å². The van der Waals surface area contributed by atoms with Crippen LogP contribution in [0.5, 0.6) is 5.75 Å². The molecule has 2 aromatic heterocycles. The maximum atomic E-state index is 12.2. The van der Waals surface area contributed by atoms with Crippen molar-refractivity contribution in [1.82, 2.24) is 4.98 Å². The van der Waals surface area contributed by atoms with Crippen molar-refractivity contribution in [3.8, 4) is 16.3 Å². The summed E-state index contributed by atoms with van der Waals surface area (Å²) in [5.74, 6) is 0.477. The van der Waals surface area contributed by atoms with Gasteiger partial charge in [-0.1, -0.05) is 18.2 Å². The smallest absolute Gasteiger partial charge is 0.266 e. The van der Waals surface area contributed by atoms with Gasteiger partial charge in [-0.05, 0) is 43.0 Å². The average Bonchev–Trinajstić information content (AvgIpc) is 3.17. The molecule has 0 aliphatic carbocycles. The molecule has 0 saturated heterocycles. The highest BCUT2D eigenvalue weighted by atomic mass is 32.1. The molecule has 1 atom stereocenters. The summed E-state index contributed by atoms with van der Waals surface area (Å²) in [6.45, 7) is 3.71. The average molecular weight is 344 g/mol. The van der Waals surface area contributed by atoms with Crippen LogP contribution in [0.1, 0.15) is 12.5 Å². The number of hydrogen-bond acceptors (Lipinski definition) is 5. The van der Waals surface area contributed by atoms with E-state index in [9.17, 15) is 4.79 Å². The van der Waals surface area contributed by atoms with Gasteiger partial charge in [0.1, 0.15) is 5.75 Å². The number of hydrogen-bond donors (Lipinski definition) is 1. The minimum absolute atomic E-state index is 0.210. The van der Waals surface area contributed by atoms with Crippen molar-refractivity contribution in [3.63, 3.8) is 0 Å². The van der Waals surface area contributed by atoms with Crippen LogP contribution in [0.3, 0.4) is 0 Å². The molecule has 0 saturated carbocycles. The number of ether oxygens (including phenoxy) is 1. The molecule has 2 heterocycles. The second-order valence-electron chi connectivity index (χ2n) is 5.08. The van der Waals surface area contributed by atoms with E-state index >= 15 is 0 Å². The van der Waals surface area contributed by atoms with Crippen LogP contribution in [0.25, 0.3) is 10.6 Å². The molecule has 3 rings (SSSR count). The number of thiazole rings is 1. The lowest BCUT2D eigenvalue weighted by atomic mass is 10.2. The van der Waals surface area contributed by atoms with Gasteiger partial charge >= 0.3 is 0 Å². The Hall–Kier alpha value is -2.18. The van der Waals surface area contributed by atoms with E-state index in [1.807, 2.05) is 54.1 Å². The van der Waals surface area contributed by atoms with Crippen LogP contribution in [0, 0.1) is 6.92 Å². The number of carbonyl (C=O) groups is 1. The van der Waals surface area contributed by atoms with Crippen molar-refractivity contribution >= 4 is 33.7 Å². The third-order valence-electron chi connectivity index (χ3n) is 3.18. The van der Waals surface area contributed by atoms with Crippen LogP contribution in [-0.4, -0.2) is 17.0 Å². The lowest BCUT2D eigenvalue weighted by molar-refractivity contribution is -0.122. The Morgan fingerprint density at radius 1 is 1.26 bits per heavy atom. The lowest BCUT2D eigenvalue weighted by Gasteiger charge is -2.14. The highest BCUT2D eigenvalue weighted by Crippen LogP contribution is 2.28. The summed E-state index contributed by atoms with van der Waals surface area (Å²) in [4.78, 5) is 17.8. The van der Waals surface area contributed by atoms with Gasteiger partial charge in [-0.25, -0.2) is 4.98 Å². The molecule has 4 nitrogen and oxygen atoms in total. The van der Waals surface area contributed by atoms with Gasteiger partial charge in [0.05, 0.1) is 10.6 Å². The zero-order valence-corrected chi connectivity index (χ0v) is 14.4. The summed E-state index contributed by atoms with van der Waals surface area (Å²) in [5, 5.41) is 7.33. The Morgan fingerprint density at radius 2 is 2.13 bits per heavy atom. The molecule has 1 amide bonds. The molecule has 0 aliphatic rings. The van der Waals surface area contributed by atoms with E-state index in [-0.39, 0.29) is 5.91 Å². The third-order valence-corrected chi connectivity index (χ3v) is 4.83. The van der Waals surface area contributed by atoms with Gasteiger partial charge in [0, 0.05) is 5.38 Å². The monoisotopic (exact) mass is 344 g/mol. The Kier molecular flexibility index (Phi) is 4.73. The third kappa shape index (κ3) is 3.97. The van der Waals surface area contributed by atoms with Gasteiger partial charge in [0.25, 0.3) is 5.91 Å². The number of nitrogens with zero attached hydrogens (tertiary/aromatic N) is 1. The molecule has 3 aromatic rings. The number of aromatic nitrogens is 1. The molecule has 1 N–H and O–H groups in total. The first kappa shape index (κ1) is 15.7. The van der Waals surface area contributed by atoms with Crippen molar-refractivity contribution in [1.29, 1.82) is 0 Å². The molecule has 1 aromatic carbocycles. The maximum Gasteiger partial charge on any atom is 0.266 e. The standard InChI is InChI=1S/C17H16N2O2S2/c1-11-5-3-6-13(9-11)21-12(2)16(20)19-17-18-14(10-23-17)15-7-4-8-22-15/h3-10,12H,1-2H3,(H,18,19,20). The fraction of sp³-hybridized carbons (Fsp3) is 0.176. The normalized spacial score (nSPS) is 11.9. The first-order valence-corrected chi connectivity index (χ1v) is 8.91. The van der Waals surface area contributed by atoms with Crippen LogP contribution in [-0.2, 0) is 4.79 Å². The van der Waals surface area contributed by atoms with E-state index in [1.165, 1.54) is 11.3 Å². The van der Waals surface area contributed by atoms with Gasteiger partial charge in [-0.3, -0.25) is 10.1 Å². The summed E-state index contributed by atoms with van der Waals surface area (Å²) >= 11 is 3.03. The van der Waals surface area contributed by atoms with E-state index in [0.717, 1.165) is 16.1 Å². The van der Waals surface area contributed by atoms with E-state index in [0.29, 0.717) is 10.9 Å². The largest absolute Gasteiger partial charge is 0.481 e.